The van der Waals surface area contributed by atoms with E-state index < -0.39 is 0 Å². The molecule has 0 aromatic heterocycles. The van der Waals surface area contributed by atoms with E-state index in [-0.39, 0.29) is 5.91 Å². The Balaban J connectivity index is 1.50. The maximum atomic E-state index is 12.8. The minimum absolute atomic E-state index is 0.129. The molecule has 4 heteroatoms. The van der Waals surface area contributed by atoms with Gasteiger partial charge < -0.3 is 4.90 Å². The number of nitrogens with zero attached hydrogens (tertiary/aromatic N) is 3. The molecular weight excluding hydrogens is 310 g/mol. The van der Waals surface area contributed by atoms with E-state index in [1.165, 1.54) is 19.4 Å². The van der Waals surface area contributed by atoms with E-state index in [1.54, 1.807) is 6.07 Å². The zero-order valence-electron chi connectivity index (χ0n) is 14.2. The molecule has 0 aliphatic carbocycles. The van der Waals surface area contributed by atoms with Crippen LogP contribution in [-0.2, 0) is 0 Å². The number of benzene rings is 2. The first-order valence-electron chi connectivity index (χ1n) is 8.88. The second-order valence-corrected chi connectivity index (χ2v) is 6.85. The summed E-state index contributed by atoms with van der Waals surface area (Å²) in [5, 5.41) is 9.03. The van der Waals surface area contributed by atoms with Crippen molar-refractivity contribution in [2.45, 2.75) is 18.9 Å². The summed E-state index contributed by atoms with van der Waals surface area (Å²) < 4.78 is 0. The van der Waals surface area contributed by atoms with E-state index in [9.17, 15) is 4.79 Å². The highest BCUT2D eigenvalue weighted by Gasteiger charge is 2.32. The van der Waals surface area contributed by atoms with E-state index >= 15 is 0 Å². The number of fused-ring (bicyclic) bond motifs is 1. The molecule has 0 spiro atoms. The molecule has 2 aliphatic heterocycles. The first-order valence-corrected chi connectivity index (χ1v) is 8.88. The van der Waals surface area contributed by atoms with Crippen molar-refractivity contribution < 1.29 is 4.79 Å². The van der Waals surface area contributed by atoms with Crippen LogP contribution < -0.4 is 0 Å². The Kier molecular flexibility index (Phi) is 4.25. The van der Waals surface area contributed by atoms with Crippen LogP contribution in [0.1, 0.15) is 28.8 Å². The summed E-state index contributed by atoms with van der Waals surface area (Å²) >= 11 is 0. The van der Waals surface area contributed by atoms with Crippen molar-refractivity contribution in [1.29, 1.82) is 5.26 Å². The van der Waals surface area contributed by atoms with Gasteiger partial charge in [-0.3, -0.25) is 9.69 Å². The summed E-state index contributed by atoms with van der Waals surface area (Å²) in [4.78, 5) is 17.3. The molecular formula is C21H21N3O. The Morgan fingerprint density at radius 3 is 2.68 bits per heavy atom. The number of rotatable bonds is 2. The maximum absolute atomic E-state index is 12.8. The summed E-state index contributed by atoms with van der Waals surface area (Å²) in [5.74, 6) is 0.129. The van der Waals surface area contributed by atoms with Gasteiger partial charge in [-0.15, -0.1) is 0 Å². The van der Waals surface area contributed by atoms with Crippen molar-refractivity contribution in [3.8, 4) is 17.2 Å². The molecule has 0 bridgehead atoms. The quantitative estimate of drug-likeness (QED) is 0.849. The third-order valence-corrected chi connectivity index (χ3v) is 5.33. The van der Waals surface area contributed by atoms with Gasteiger partial charge >= 0.3 is 0 Å². The van der Waals surface area contributed by atoms with Gasteiger partial charge in [0.1, 0.15) is 0 Å². The van der Waals surface area contributed by atoms with E-state index in [0.29, 0.717) is 11.6 Å². The van der Waals surface area contributed by atoms with Crippen molar-refractivity contribution in [2.24, 2.45) is 0 Å². The normalized spacial score (nSPS) is 20.1. The molecule has 2 aromatic rings. The van der Waals surface area contributed by atoms with Crippen LogP contribution >= 0.6 is 0 Å². The van der Waals surface area contributed by atoms with Gasteiger partial charge in [0.2, 0.25) is 0 Å². The van der Waals surface area contributed by atoms with Gasteiger partial charge in [0.25, 0.3) is 5.91 Å². The Morgan fingerprint density at radius 2 is 1.88 bits per heavy atom. The van der Waals surface area contributed by atoms with Crippen LogP contribution in [0.3, 0.4) is 0 Å². The minimum atomic E-state index is 0.129. The summed E-state index contributed by atoms with van der Waals surface area (Å²) in [6, 6.07) is 18.0. The number of amides is 1. The lowest BCUT2D eigenvalue weighted by atomic mass is 10.0. The Labute approximate surface area is 148 Å². The second-order valence-electron chi connectivity index (χ2n) is 6.85. The van der Waals surface area contributed by atoms with Crippen molar-refractivity contribution >= 4 is 5.91 Å². The Morgan fingerprint density at radius 1 is 1.04 bits per heavy atom. The average Bonchev–Trinajstić information content (AvgIpc) is 3.15. The van der Waals surface area contributed by atoms with Crippen LogP contribution in [0.4, 0.5) is 0 Å². The van der Waals surface area contributed by atoms with Crippen LogP contribution in [-0.4, -0.2) is 47.9 Å². The summed E-state index contributed by atoms with van der Waals surface area (Å²) in [5.41, 5.74) is 3.41. The van der Waals surface area contributed by atoms with Crippen molar-refractivity contribution in [2.75, 3.05) is 26.2 Å². The fourth-order valence-corrected chi connectivity index (χ4v) is 3.93. The van der Waals surface area contributed by atoms with E-state index in [2.05, 4.69) is 11.0 Å². The van der Waals surface area contributed by atoms with Crippen molar-refractivity contribution in [3.05, 3.63) is 59.7 Å². The molecule has 25 heavy (non-hydrogen) atoms. The molecule has 2 aliphatic rings. The average molecular weight is 331 g/mol. The van der Waals surface area contributed by atoms with Gasteiger partial charge in [-0.25, -0.2) is 0 Å². The maximum Gasteiger partial charge on any atom is 0.253 e. The summed E-state index contributed by atoms with van der Waals surface area (Å²) in [6.45, 7) is 3.85. The van der Waals surface area contributed by atoms with Crippen molar-refractivity contribution in [1.82, 2.24) is 9.80 Å². The zero-order valence-corrected chi connectivity index (χ0v) is 14.2. The van der Waals surface area contributed by atoms with Gasteiger partial charge in [-0.2, -0.15) is 5.26 Å². The highest BCUT2D eigenvalue weighted by Crippen LogP contribution is 2.24. The van der Waals surface area contributed by atoms with Gasteiger partial charge in [0.05, 0.1) is 11.6 Å². The monoisotopic (exact) mass is 331 g/mol. The van der Waals surface area contributed by atoms with Gasteiger partial charge in [0.15, 0.2) is 0 Å². The SMILES string of the molecule is N#Cc1cccc(-c2ccc(C(=O)N3CCN4CCCC4C3)cc2)c1. The van der Waals surface area contributed by atoms with E-state index in [4.69, 9.17) is 5.26 Å². The lowest BCUT2D eigenvalue weighted by molar-refractivity contribution is 0.0571. The van der Waals surface area contributed by atoms with Crippen molar-refractivity contribution in [3.63, 3.8) is 0 Å². The van der Waals surface area contributed by atoms with Gasteiger partial charge in [-0.05, 0) is 54.8 Å². The highest BCUT2D eigenvalue weighted by molar-refractivity contribution is 5.94. The molecule has 0 saturated carbocycles. The van der Waals surface area contributed by atoms with Crippen LogP contribution in [0.2, 0.25) is 0 Å². The van der Waals surface area contributed by atoms with E-state index in [0.717, 1.165) is 36.3 Å². The highest BCUT2D eigenvalue weighted by atomic mass is 16.2. The second kappa shape index (κ2) is 6.70. The number of hydrogen-bond acceptors (Lipinski definition) is 3. The Bertz CT molecular complexity index is 822. The molecule has 1 unspecified atom stereocenters. The van der Waals surface area contributed by atoms with Gasteiger partial charge in [-0.1, -0.05) is 24.3 Å². The molecule has 1 amide bonds. The predicted molar refractivity (Wildman–Crippen MR) is 97.1 cm³/mol. The number of carbonyl (C=O) groups is 1. The molecule has 0 N–H and O–H groups in total. The molecule has 2 saturated heterocycles. The predicted octanol–water partition coefficient (Wildman–Crippen LogP) is 3.15. The molecule has 126 valence electrons. The van der Waals surface area contributed by atoms with Crippen LogP contribution in [0.15, 0.2) is 48.5 Å². The van der Waals surface area contributed by atoms with Gasteiger partial charge in [0, 0.05) is 31.2 Å². The summed E-state index contributed by atoms with van der Waals surface area (Å²) in [7, 11) is 0. The molecule has 4 nitrogen and oxygen atoms in total. The first-order chi connectivity index (χ1) is 12.2. The topological polar surface area (TPSA) is 47.3 Å². The third-order valence-electron chi connectivity index (χ3n) is 5.33. The standard InChI is InChI=1S/C21H21N3O/c22-14-16-3-1-4-19(13-16)17-6-8-18(9-7-17)21(25)24-12-11-23-10-2-5-20(23)15-24/h1,3-4,6-9,13,20H,2,5,10-12,15H2. The Hall–Kier alpha value is -2.64. The lowest BCUT2D eigenvalue weighted by Crippen LogP contribution is -2.52. The number of carbonyl (C=O) groups excluding carboxylic acids is 1. The zero-order chi connectivity index (χ0) is 17.2. The number of piperazine rings is 1. The molecule has 2 heterocycles. The third kappa shape index (κ3) is 3.16. The number of nitriles is 1. The first kappa shape index (κ1) is 15.9. The fraction of sp³-hybridized carbons (Fsp3) is 0.333. The van der Waals surface area contributed by atoms with Crippen LogP contribution in [0.25, 0.3) is 11.1 Å². The molecule has 0 radical (unpaired) electrons. The smallest absolute Gasteiger partial charge is 0.253 e. The van der Waals surface area contributed by atoms with Crippen LogP contribution in [0.5, 0.6) is 0 Å². The molecule has 4 rings (SSSR count). The molecule has 1 atom stereocenters. The largest absolute Gasteiger partial charge is 0.336 e. The molecule has 2 fully saturated rings. The van der Waals surface area contributed by atoms with E-state index in [1.807, 2.05) is 47.4 Å². The summed E-state index contributed by atoms with van der Waals surface area (Å²) in [6.07, 6.45) is 2.46. The number of hydrogen-bond donors (Lipinski definition) is 0. The lowest BCUT2D eigenvalue weighted by Gasteiger charge is -2.37. The molecule has 2 aromatic carbocycles. The van der Waals surface area contributed by atoms with Crippen LogP contribution in [0, 0.1) is 11.3 Å². The minimum Gasteiger partial charge on any atom is -0.336 e. The fourth-order valence-electron chi connectivity index (χ4n) is 3.93.